The van der Waals surface area contributed by atoms with Gasteiger partial charge in [0.2, 0.25) is 10.0 Å². The van der Waals surface area contributed by atoms with E-state index in [-0.39, 0.29) is 11.4 Å². The van der Waals surface area contributed by atoms with Crippen LogP contribution in [0, 0.1) is 0 Å². The summed E-state index contributed by atoms with van der Waals surface area (Å²) >= 11 is 0. The third kappa shape index (κ3) is 3.75. The first-order valence-corrected chi connectivity index (χ1v) is 9.20. The van der Waals surface area contributed by atoms with E-state index in [0.29, 0.717) is 0 Å². The van der Waals surface area contributed by atoms with Crippen LogP contribution in [-0.4, -0.2) is 35.2 Å². The average Bonchev–Trinajstić information content (AvgIpc) is 2.48. The van der Waals surface area contributed by atoms with Gasteiger partial charge in [-0.1, -0.05) is 12.1 Å². The molecule has 112 valence electrons. The summed E-state index contributed by atoms with van der Waals surface area (Å²) in [5.74, 6) is 0. The van der Waals surface area contributed by atoms with E-state index in [1.807, 2.05) is 0 Å². The molecule has 1 aromatic carbocycles. The maximum atomic E-state index is 12.3. The lowest BCUT2D eigenvalue weighted by molar-refractivity contribution is 0.466. The number of sulfonamides is 1. The molecule has 0 radical (unpaired) electrons. The van der Waals surface area contributed by atoms with E-state index in [0.717, 1.165) is 10.5 Å². The molecule has 1 aromatic heterocycles. The second-order valence-corrected chi connectivity index (χ2v) is 7.97. The molecular formula is C14H16N2O3S2. The summed E-state index contributed by atoms with van der Waals surface area (Å²) in [5.41, 5.74) is 0.833. The number of nitrogens with zero attached hydrogens (tertiary/aromatic N) is 2. The largest absolute Gasteiger partial charge is 0.263 e. The smallest absolute Gasteiger partial charge is 0.244 e. The summed E-state index contributed by atoms with van der Waals surface area (Å²) in [7, 11) is -3.07. The lowest BCUT2D eigenvalue weighted by Gasteiger charge is -2.17. The van der Waals surface area contributed by atoms with E-state index in [9.17, 15) is 12.6 Å². The number of aromatic nitrogens is 1. The first kappa shape index (κ1) is 15.8. The van der Waals surface area contributed by atoms with Crippen LogP contribution in [-0.2, 0) is 27.4 Å². The molecule has 0 bridgehead atoms. The molecule has 2 aromatic rings. The maximum absolute atomic E-state index is 12.3. The van der Waals surface area contributed by atoms with Crippen molar-refractivity contribution in [2.45, 2.75) is 16.3 Å². The van der Waals surface area contributed by atoms with Crippen molar-refractivity contribution in [3.8, 4) is 0 Å². The Labute approximate surface area is 127 Å². The SMILES string of the molecule is CN(Cc1ccc(S(C)=O)cc1)S(=O)(=O)c1cccnc1. The highest BCUT2D eigenvalue weighted by molar-refractivity contribution is 7.89. The third-order valence-corrected chi connectivity index (χ3v) is 5.73. The van der Waals surface area contributed by atoms with Crippen molar-refractivity contribution in [1.29, 1.82) is 0 Å². The summed E-state index contributed by atoms with van der Waals surface area (Å²) in [6, 6.07) is 10.2. The van der Waals surface area contributed by atoms with Gasteiger partial charge in [-0.25, -0.2) is 8.42 Å². The number of rotatable bonds is 5. The molecule has 21 heavy (non-hydrogen) atoms. The van der Waals surface area contributed by atoms with Crippen molar-refractivity contribution in [1.82, 2.24) is 9.29 Å². The fourth-order valence-corrected chi connectivity index (χ4v) is 3.45. The minimum absolute atomic E-state index is 0.166. The molecule has 0 amide bonds. The molecule has 0 aliphatic carbocycles. The van der Waals surface area contributed by atoms with E-state index in [1.165, 1.54) is 29.8 Å². The quantitative estimate of drug-likeness (QED) is 0.838. The van der Waals surface area contributed by atoms with Gasteiger partial charge in [-0.2, -0.15) is 4.31 Å². The van der Waals surface area contributed by atoms with Gasteiger partial charge in [0.1, 0.15) is 4.90 Å². The van der Waals surface area contributed by atoms with Crippen LogP contribution in [0.1, 0.15) is 5.56 Å². The Morgan fingerprint density at radius 3 is 2.38 bits per heavy atom. The van der Waals surface area contributed by atoms with Crippen molar-refractivity contribution in [2.75, 3.05) is 13.3 Å². The van der Waals surface area contributed by atoms with Crippen LogP contribution in [0.4, 0.5) is 0 Å². The summed E-state index contributed by atoms with van der Waals surface area (Å²) in [5, 5.41) is 0. The summed E-state index contributed by atoms with van der Waals surface area (Å²) in [6.07, 6.45) is 4.46. The predicted octanol–water partition coefficient (Wildman–Crippen LogP) is 1.64. The minimum atomic E-state index is -3.55. The van der Waals surface area contributed by atoms with Gasteiger partial charge in [-0.05, 0) is 29.8 Å². The van der Waals surface area contributed by atoms with Crippen LogP contribution in [0.25, 0.3) is 0 Å². The summed E-state index contributed by atoms with van der Waals surface area (Å²) < 4.78 is 37.3. The van der Waals surface area contributed by atoms with E-state index in [1.54, 1.807) is 36.6 Å². The van der Waals surface area contributed by atoms with Gasteiger partial charge in [0.05, 0.1) is 0 Å². The molecule has 2 rings (SSSR count). The van der Waals surface area contributed by atoms with Crippen LogP contribution in [0.2, 0.25) is 0 Å². The van der Waals surface area contributed by atoms with Crippen molar-refractivity contribution < 1.29 is 12.6 Å². The van der Waals surface area contributed by atoms with E-state index >= 15 is 0 Å². The van der Waals surface area contributed by atoms with E-state index in [2.05, 4.69) is 4.98 Å². The normalized spacial score (nSPS) is 13.3. The number of hydrogen-bond donors (Lipinski definition) is 0. The van der Waals surface area contributed by atoms with E-state index in [4.69, 9.17) is 0 Å². The minimum Gasteiger partial charge on any atom is -0.263 e. The fourth-order valence-electron chi connectivity index (χ4n) is 1.81. The number of benzene rings is 1. The van der Waals surface area contributed by atoms with Gasteiger partial charge in [-0.3, -0.25) is 9.19 Å². The maximum Gasteiger partial charge on any atom is 0.244 e. The van der Waals surface area contributed by atoms with Gasteiger partial charge >= 0.3 is 0 Å². The number of hydrogen-bond acceptors (Lipinski definition) is 4. The standard InChI is InChI=1S/C14H16N2O3S2/c1-16(21(18,19)14-4-3-9-15-10-14)11-12-5-7-13(8-6-12)20(2)17/h3-10H,11H2,1-2H3. The number of pyridine rings is 1. The van der Waals surface area contributed by atoms with E-state index < -0.39 is 20.8 Å². The Hall–Kier alpha value is -1.57. The van der Waals surface area contributed by atoms with Crippen LogP contribution in [0.15, 0.2) is 58.6 Å². The highest BCUT2D eigenvalue weighted by Crippen LogP contribution is 2.16. The molecule has 0 fully saturated rings. The Kier molecular flexibility index (Phi) is 4.87. The average molecular weight is 324 g/mol. The Morgan fingerprint density at radius 1 is 1.19 bits per heavy atom. The van der Waals surface area contributed by atoms with Crippen LogP contribution < -0.4 is 0 Å². The monoisotopic (exact) mass is 324 g/mol. The molecule has 1 heterocycles. The lowest BCUT2D eigenvalue weighted by Crippen LogP contribution is -2.26. The highest BCUT2D eigenvalue weighted by Gasteiger charge is 2.20. The zero-order valence-electron chi connectivity index (χ0n) is 11.8. The molecule has 0 aliphatic heterocycles. The Balaban J connectivity index is 2.18. The van der Waals surface area contributed by atoms with Gasteiger partial charge in [-0.15, -0.1) is 0 Å². The third-order valence-electron chi connectivity index (χ3n) is 3.00. The first-order chi connectivity index (χ1) is 9.91. The van der Waals surface area contributed by atoms with Crippen molar-refractivity contribution in [3.05, 3.63) is 54.4 Å². The molecule has 5 nitrogen and oxygen atoms in total. The molecular weight excluding hydrogens is 308 g/mol. The second-order valence-electron chi connectivity index (χ2n) is 4.55. The lowest BCUT2D eigenvalue weighted by atomic mass is 10.2. The zero-order chi connectivity index (χ0) is 15.5. The van der Waals surface area contributed by atoms with Crippen LogP contribution in [0.5, 0.6) is 0 Å². The Bertz CT molecular complexity index is 729. The predicted molar refractivity (Wildman–Crippen MR) is 81.7 cm³/mol. The Morgan fingerprint density at radius 2 is 1.86 bits per heavy atom. The summed E-state index contributed by atoms with van der Waals surface area (Å²) in [6.45, 7) is 0.244. The molecule has 0 aliphatic rings. The van der Waals surface area contributed by atoms with Gasteiger partial charge < -0.3 is 0 Å². The molecule has 1 atom stereocenters. The van der Waals surface area contributed by atoms with Gasteiger partial charge in [0.15, 0.2) is 0 Å². The van der Waals surface area contributed by atoms with Crippen molar-refractivity contribution >= 4 is 20.8 Å². The summed E-state index contributed by atoms with van der Waals surface area (Å²) in [4.78, 5) is 4.72. The first-order valence-electron chi connectivity index (χ1n) is 6.20. The molecule has 0 spiro atoms. The fraction of sp³-hybridized carbons (Fsp3) is 0.214. The van der Waals surface area contributed by atoms with Crippen LogP contribution in [0.3, 0.4) is 0 Å². The molecule has 7 heteroatoms. The highest BCUT2D eigenvalue weighted by atomic mass is 32.2. The van der Waals surface area contributed by atoms with Gasteiger partial charge in [0.25, 0.3) is 0 Å². The topological polar surface area (TPSA) is 67.3 Å². The van der Waals surface area contributed by atoms with Crippen LogP contribution >= 0.6 is 0 Å². The molecule has 0 saturated heterocycles. The van der Waals surface area contributed by atoms with Crippen molar-refractivity contribution in [3.63, 3.8) is 0 Å². The zero-order valence-corrected chi connectivity index (χ0v) is 13.4. The molecule has 0 saturated carbocycles. The molecule has 1 unspecified atom stereocenters. The molecule has 0 N–H and O–H groups in total. The van der Waals surface area contributed by atoms with Crippen molar-refractivity contribution in [2.24, 2.45) is 0 Å². The van der Waals surface area contributed by atoms with Gasteiger partial charge in [0, 0.05) is 47.9 Å². The second kappa shape index (κ2) is 6.46.